The molecule has 1 unspecified atom stereocenters. The predicted molar refractivity (Wildman–Crippen MR) is 89.3 cm³/mol. The molecular weight excluding hydrogens is 260 g/mol. The fourth-order valence-electron chi connectivity index (χ4n) is 2.98. The molecule has 0 saturated heterocycles. The lowest BCUT2D eigenvalue weighted by Gasteiger charge is -2.32. The Morgan fingerprint density at radius 3 is 2.10 bits per heavy atom. The molecule has 1 aromatic rings. The van der Waals surface area contributed by atoms with Gasteiger partial charge in [-0.3, -0.25) is 0 Å². The second-order valence-electron chi connectivity index (χ2n) is 6.15. The molecule has 1 atom stereocenters. The summed E-state index contributed by atoms with van der Waals surface area (Å²) in [6.07, 6.45) is 9.22. The van der Waals surface area contributed by atoms with Gasteiger partial charge in [0, 0.05) is 12.3 Å². The molecule has 0 heterocycles. The van der Waals surface area contributed by atoms with Crippen molar-refractivity contribution < 1.29 is 10.2 Å². The zero-order chi connectivity index (χ0) is 15.6. The summed E-state index contributed by atoms with van der Waals surface area (Å²) >= 11 is 0. The number of rotatable bonds is 11. The summed E-state index contributed by atoms with van der Waals surface area (Å²) in [5.41, 5.74) is 1.04. The average molecular weight is 292 g/mol. The van der Waals surface area contributed by atoms with Crippen LogP contribution in [-0.2, 0) is 0 Å². The molecule has 120 valence electrons. The van der Waals surface area contributed by atoms with E-state index in [1.54, 1.807) is 0 Å². The highest BCUT2D eigenvalue weighted by molar-refractivity contribution is 5.21. The van der Waals surface area contributed by atoms with E-state index >= 15 is 0 Å². The molecule has 0 fully saturated rings. The number of benzene rings is 1. The maximum Gasteiger partial charge on any atom is 0.169 e. The predicted octanol–water partition coefficient (Wildman–Crippen LogP) is 5.00. The minimum atomic E-state index is -1.58. The topological polar surface area (TPSA) is 40.5 Å². The average Bonchev–Trinajstić information content (AvgIpc) is 2.49. The Hall–Kier alpha value is -0.860. The fourth-order valence-corrected chi connectivity index (χ4v) is 2.98. The van der Waals surface area contributed by atoms with Gasteiger partial charge in [0.1, 0.15) is 0 Å². The molecule has 0 bridgehead atoms. The van der Waals surface area contributed by atoms with Crippen LogP contribution in [0.5, 0.6) is 0 Å². The van der Waals surface area contributed by atoms with Crippen LogP contribution in [0.25, 0.3) is 0 Å². The summed E-state index contributed by atoms with van der Waals surface area (Å²) in [5.74, 6) is -1.76. The maximum atomic E-state index is 10.5. The van der Waals surface area contributed by atoms with Crippen molar-refractivity contribution in [2.45, 2.75) is 83.3 Å². The molecule has 0 saturated carbocycles. The van der Waals surface area contributed by atoms with Crippen molar-refractivity contribution in [2.24, 2.45) is 0 Å². The third-order valence-corrected chi connectivity index (χ3v) is 4.24. The maximum absolute atomic E-state index is 10.5. The van der Waals surface area contributed by atoms with E-state index in [1.807, 2.05) is 30.3 Å². The first kappa shape index (κ1) is 18.2. The van der Waals surface area contributed by atoms with E-state index < -0.39 is 5.79 Å². The Bertz CT molecular complexity index is 359. The van der Waals surface area contributed by atoms with Gasteiger partial charge in [-0.25, -0.2) is 0 Å². The van der Waals surface area contributed by atoms with Crippen molar-refractivity contribution in [3.63, 3.8) is 0 Å². The third kappa shape index (κ3) is 6.62. The van der Waals surface area contributed by atoms with Crippen LogP contribution in [0.3, 0.4) is 0 Å². The number of hydrogen-bond donors (Lipinski definition) is 2. The number of hydrogen-bond acceptors (Lipinski definition) is 2. The molecule has 1 aromatic carbocycles. The monoisotopic (exact) mass is 292 g/mol. The summed E-state index contributed by atoms with van der Waals surface area (Å²) in [5, 5.41) is 21.0. The molecule has 0 aliphatic rings. The summed E-state index contributed by atoms with van der Waals surface area (Å²) in [7, 11) is 0. The fraction of sp³-hybridized carbons (Fsp3) is 0.684. The molecule has 0 aliphatic carbocycles. The smallest absolute Gasteiger partial charge is 0.169 e. The van der Waals surface area contributed by atoms with Crippen LogP contribution in [0.15, 0.2) is 30.3 Å². The molecule has 0 spiro atoms. The Balaban J connectivity index is 2.51. The summed E-state index contributed by atoms with van der Waals surface area (Å²) in [6, 6.07) is 9.92. The SMILES string of the molecule is CCCCCCCCC(O)(O)C(CCC)c1ccccc1. The van der Waals surface area contributed by atoms with E-state index in [0.29, 0.717) is 6.42 Å². The van der Waals surface area contributed by atoms with E-state index in [0.717, 1.165) is 31.2 Å². The normalized spacial score (nSPS) is 13.3. The van der Waals surface area contributed by atoms with Crippen molar-refractivity contribution in [2.75, 3.05) is 0 Å². The van der Waals surface area contributed by atoms with Crippen LogP contribution < -0.4 is 0 Å². The van der Waals surface area contributed by atoms with E-state index in [2.05, 4.69) is 13.8 Å². The van der Waals surface area contributed by atoms with Gasteiger partial charge in [-0.15, -0.1) is 0 Å². The van der Waals surface area contributed by atoms with Gasteiger partial charge >= 0.3 is 0 Å². The van der Waals surface area contributed by atoms with Crippen LogP contribution in [0.4, 0.5) is 0 Å². The quantitative estimate of drug-likeness (QED) is 0.445. The molecule has 2 heteroatoms. The molecule has 0 radical (unpaired) electrons. The van der Waals surface area contributed by atoms with Gasteiger partial charge in [0.2, 0.25) is 0 Å². The highest BCUT2D eigenvalue weighted by atomic mass is 16.5. The van der Waals surface area contributed by atoms with Crippen LogP contribution in [0.1, 0.15) is 83.1 Å². The minimum absolute atomic E-state index is 0.181. The molecule has 0 aromatic heterocycles. The van der Waals surface area contributed by atoms with Gasteiger partial charge in [0.25, 0.3) is 0 Å². The third-order valence-electron chi connectivity index (χ3n) is 4.24. The lowest BCUT2D eigenvalue weighted by atomic mass is 9.84. The van der Waals surface area contributed by atoms with Crippen LogP contribution in [0, 0.1) is 0 Å². The Labute approximate surface area is 130 Å². The van der Waals surface area contributed by atoms with Gasteiger partial charge in [-0.2, -0.15) is 0 Å². The zero-order valence-corrected chi connectivity index (χ0v) is 13.7. The van der Waals surface area contributed by atoms with E-state index in [-0.39, 0.29) is 5.92 Å². The van der Waals surface area contributed by atoms with E-state index in [9.17, 15) is 10.2 Å². The van der Waals surface area contributed by atoms with Crippen molar-refractivity contribution in [1.29, 1.82) is 0 Å². The number of aliphatic hydroxyl groups is 2. The Morgan fingerprint density at radius 2 is 1.48 bits per heavy atom. The summed E-state index contributed by atoms with van der Waals surface area (Å²) in [6.45, 7) is 4.30. The second-order valence-corrected chi connectivity index (χ2v) is 6.15. The van der Waals surface area contributed by atoms with Crippen molar-refractivity contribution >= 4 is 0 Å². The lowest BCUT2D eigenvalue weighted by Crippen LogP contribution is -2.36. The minimum Gasteiger partial charge on any atom is -0.365 e. The van der Waals surface area contributed by atoms with E-state index in [1.165, 1.54) is 25.7 Å². The van der Waals surface area contributed by atoms with Crippen molar-refractivity contribution in [3.8, 4) is 0 Å². The molecule has 0 amide bonds. The molecule has 0 aliphatic heterocycles. The first-order chi connectivity index (χ1) is 10.1. The van der Waals surface area contributed by atoms with E-state index in [4.69, 9.17) is 0 Å². The largest absolute Gasteiger partial charge is 0.365 e. The Kier molecular flexibility index (Phi) is 8.63. The van der Waals surface area contributed by atoms with Gasteiger partial charge in [-0.1, -0.05) is 82.7 Å². The van der Waals surface area contributed by atoms with Gasteiger partial charge < -0.3 is 10.2 Å². The number of unbranched alkanes of at least 4 members (excludes halogenated alkanes) is 5. The first-order valence-corrected chi connectivity index (χ1v) is 8.61. The highest BCUT2D eigenvalue weighted by Crippen LogP contribution is 2.34. The standard InChI is InChI=1S/C19H32O2/c1-3-5-6-7-8-12-16-19(20,21)18(13-4-2)17-14-10-9-11-15-17/h9-11,14-15,18,20-21H,3-8,12-13,16H2,1-2H3. The molecule has 21 heavy (non-hydrogen) atoms. The molecule has 2 N–H and O–H groups in total. The molecule has 2 nitrogen and oxygen atoms in total. The second kappa shape index (κ2) is 9.97. The van der Waals surface area contributed by atoms with Crippen LogP contribution >= 0.6 is 0 Å². The van der Waals surface area contributed by atoms with Crippen molar-refractivity contribution in [1.82, 2.24) is 0 Å². The van der Waals surface area contributed by atoms with Crippen LogP contribution in [0.2, 0.25) is 0 Å². The molecule has 1 rings (SSSR count). The van der Waals surface area contributed by atoms with Crippen LogP contribution in [-0.4, -0.2) is 16.0 Å². The first-order valence-electron chi connectivity index (χ1n) is 8.61. The molecular formula is C19H32O2. The van der Waals surface area contributed by atoms with Gasteiger partial charge in [0.05, 0.1) is 0 Å². The zero-order valence-electron chi connectivity index (χ0n) is 13.7. The van der Waals surface area contributed by atoms with Gasteiger partial charge in [0.15, 0.2) is 5.79 Å². The summed E-state index contributed by atoms with van der Waals surface area (Å²) in [4.78, 5) is 0. The summed E-state index contributed by atoms with van der Waals surface area (Å²) < 4.78 is 0. The van der Waals surface area contributed by atoms with Crippen molar-refractivity contribution in [3.05, 3.63) is 35.9 Å². The Morgan fingerprint density at radius 1 is 0.857 bits per heavy atom. The lowest BCUT2D eigenvalue weighted by molar-refractivity contribution is -0.186. The van der Waals surface area contributed by atoms with Gasteiger partial charge in [-0.05, 0) is 18.4 Å². The highest BCUT2D eigenvalue weighted by Gasteiger charge is 2.34.